The molecule has 0 aromatic heterocycles. The number of hydrogen-bond acceptors (Lipinski definition) is 2. The van der Waals surface area contributed by atoms with Crippen LogP contribution in [0.15, 0.2) is 0 Å². The van der Waals surface area contributed by atoms with Crippen molar-refractivity contribution < 1.29 is 27.9 Å². The van der Waals surface area contributed by atoms with Gasteiger partial charge in [0.05, 0.1) is 6.42 Å². The number of alkyl halides is 3. The largest absolute Gasteiger partial charge is 0.480 e. The van der Waals surface area contributed by atoms with E-state index in [4.69, 9.17) is 0 Å². The van der Waals surface area contributed by atoms with Crippen LogP contribution in [0.1, 0.15) is 39.5 Å². The zero-order chi connectivity index (χ0) is 16.2. The van der Waals surface area contributed by atoms with Gasteiger partial charge in [0, 0.05) is 12.6 Å². The monoisotopic (exact) mass is 310 g/mol. The topological polar surface area (TPSA) is 69.6 Å². The molecule has 0 aromatic rings. The van der Waals surface area contributed by atoms with Gasteiger partial charge in [-0.1, -0.05) is 13.3 Å². The summed E-state index contributed by atoms with van der Waals surface area (Å²) in [6.45, 7) is 3.45. The van der Waals surface area contributed by atoms with Crippen LogP contribution in [0.3, 0.4) is 0 Å². The highest BCUT2D eigenvalue weighted by atomic mass is 19.4. The number of likely N-dealkylation sites (tertiary alicyclic amines) is 1. The SMILES string of the molecule is CCC1CCN(C(=O)NC(C)CC(F)(F)F)C(C(=O)O)C1. The van der Waals surface area contributed by atoms with E-state index in [1.165, 1.54) is 6.92 Å². The number of carbonyl (C=O) groups is 2. The molecule has 1 aliphatic rings. The lowest BCUT2D eigenvalue weighted by Crippen LogP contribution is -2.55. The van der Waals surface area contributed by atoms with Crippen molar-refractivity contribution >= 4 is 12.0 Å². The standard InChI is InChI=1S/C13H21F3N2O3/c1-3-9-4-5-18(10(6-9)11(19)20)12(21)17-8(2)7-13(14,15)16/h8-10H,3-7H2,1-2H3,(H,17,21)(H,19,20). The molecule has 1 aliphatic heterocycles. The van der Waals surface area contributed by atoms with E-state index in [1.807, 2.05) is 6.92 Å². The average molecular weight is 310 g/mol. The zero-order valence-corrected chi connectivity index (χ0v) is 12.1. The zero-order valence-electron chi connectivity index (χ0n) is 12.1. The van der Waals surface area contributed by atoms with Crippen molar-refractivity contribution in [2.24, 2.45) is 5.92 Å². The smallest absolute Gasteiger partial charge is 0.391 e. The lowest BCUT2D eigenvalue weighted by atomic mass is 9.89. The maximum Gasteiger partial charge on any atom is 0.391 e. The first-order chi connectivity index (χ1) is 9.64. The number of carbonyl (C=O) groups excluding carboxylic acids is 1. The molecule has 1 heterocycles. The molecule has 0 aromatic carbocycles. The lowest BCUT2D eigenvalue weighted by Gasteiger charge is -2.37. The molecule has 3 unspecified atom stereocenters. The molecule has 1 rings (SSSR count). The van der Waals surface area contributed by atoms with Crippen LogP contribution in [-0.4, -0.2) is 46.8 Å². The molecule has 1 saturated heterocycles. The van der Waals surface area contributed by atoms with E-state index in [2.05, 4.69) is 5.32 Å². The van der Waals surface area contributed by atoms with Crippen LogP contribution in [0, 0.1) is 5.92 Å². The summed E-state index contributed by atoms with van der Waals surface area (Å²) in [5.41, 5.74) is 0. The Hall–Kier alpha value is -1.47. The number of carboxylic acids is 1. The number of nitrogens with zero attached hydrogens (tertiary/aromatic N) is 1. The number of carboxylic acid groups (broad SMARTS) is 1. The first-order valence-electron chi connectivity index (χ1n) is 7.00. The molecule has 0 saturated carbocycles. The molecular formula is C13H21F3N2O3. The number of rotatable bonds is 4. The van der Waals surface area contributed by atoms with Gasteiger partial charge in [-0.15, -0.1) is 0 Å². The summed E-state index contributed by atoms with van der Waals surface area (Å²) in [5.74, 6) is -0.894. The molecular weight excluding hydrogens is 289 g/mol. The van der Waals surface area contributed by atoms with Crippen LogP contribution in [0.4, 0.5) is 18.0 Å². The lowest BCUT2D eigenvalue weighted by molar-refractivity contribution is -0.144. The molecule has 8 heteroatoms. The minimum Gasteiger partial charge on any atom is -0.480 e. The Morgan fingerprint density at radius 1 is 1.43 bits per heavy atom. The highest BCUT2D eigenvalue weighted by molar-refractivity contribution is 5.83. The van der Waals surface area contributed by atoms with Crippen molar-refractivity contribution in [2.75, 3.05) is 6.54 Å². The van der Waals surface area contributed by atoms with E-state index in [1.54, 1.807) is 0 Å². The van der Waals surface area contributed by atoms with Gasteiger partial charge in [-0.2, -0.15) is 13.2 Å². The van der Waals surface area contributed by atoms with Crippen molar-refractivity contribution in [2.45, 2.75) is 57.8 Å². The van der Waals surface area contributed by atoms with Crippen LogP contribution in [0.2, 0.25) is 0 Å². The molecule has 2 amide bonds. The summed E-state index contributed by atoms with van der Waals surface area (Å²) in [5, 5.41) is 11.4. The van der Waals surface area contributed by atoms with E-state index in [0.717, 1.165) is 11.3 Å². The van der Waals surface area contributed by atoms with Crippen molar-refractivity contribution in [3.05, 3.63) is 0 Å². The summed E-state index contributed by atoms with van der Waals surface area (Å²) >= 11 is 0. The molecule has 0 bridgehead atoms. The van der Waals surface area contributed by atoms with E-state index < -0.39 is 36.7 Å². The summed E-state index contributed by atoms with van der Waals surface area (Å²) in [6, 6.07) is -2.80. The van der Waals surface area contributed by atoms with Gasteiger partial charge < -0.3 is 15.3 Å². The Bertz CT molecular complexity index is 387. The first kappa shape index (κ1) is 17.6. The van der Waals surface area contributed by atoms with Gasteiger partial charge in [-0.3, -0.25) is 0 Å². The predicted octanol–water partition coefficient (Wildman–Crippen LogP) is 2.61. The summed E-state index contributed by atoms with van der Waals surface area (Å²) in [6.07, 6.45) is -3.67. The quantitative estimate of drug-likeness (QED) is 0.838. The van der Waals surface area contributed by atoms with Crippen molar-refractivity contribution in [1.82, 2.24) is 10.2 Å². The Morgan fingerprint density at radius 3 is 2.52 bits per heavy atom. The van der Waals surface area contributed by atoms with Crippen LogP contribution in [0.5, 0.6) is 0 Å². The van der Waals surface area contributed by atoms with Gasteiger partial charge in [0.15, 0.2) is 0 Å². The van der Waals surface area contributed by atoms with E-state index in [9.17, 15) is 27.9 Å². The fraction of sp³-hybridized carbons (Fsp3) is 0.846. The highest BCUT2D eigenvalue weighted by Gasteiger charge is 2.37. The van der Waals surface area contributed by atoms with Gasteiger partial charge in [-0.05, 0) is 25.7 Å². The number of hydrogen-bond donors (Lipinski definition) is 2. The maximum absolute atomic E-state index is 12.2. The van der Waals surface area contributed by atoms with Gasteiger partial charge in [-0.25, -0.2) is 9.59 Å². The third kappa shape index (κ3) is 5.43. The number of aliphatic carboxylic acids is 1. The van der Waals surface area contributed by atoms with Crippen molar-refractivity contribution in [3.63, 3.8) is 0 Å². The van der Waals surface area contributed by atoms with E-state index in [-0.39, 0.29) is 12.5 Å². The Balaban J connectivity index is 2.65. The predicted molar refractivity (Wildman–Crippen MR) is 69.8 cm³/mol. The van der Waals surface area contributed by atoms with E-state index >= 15 is 0 Å². The molecule has 1 fully saturated rings. The Labute approximate surface area is 121 Å². The van der Waals surface area contributed by atoms with Gasteiger partial charge >= 0.3 is 18.2 Å². The minimum absolute atomic E-state index is 0.225. The number of nitrogens with one attached hydrogen (secondary N) is 1. The summed E-state index contributed by atoms with van der Waals surface area (Å²) in [4.78, 5) is 24.4. The first-order valence-corrected chi connectivity index (χ1v) is 7.00. The average Bonchev–Trinajstić information content (AvgIpc) is 2.35. The fourth-order valence-corrected chi connectivity index (χ4v) is 2.58. The molecule has 0 spiro atoms. The molecule has 21 heavy (non-hydrogen) atoms. The van der Waals surface area contributed by atoms with Gasteiger partial charge in [0.1, 0.15) is 6.04 Å². The number of urea groups is 1. The number of amides is 2. The second kappa shape index (κ2) is 7.00. The van der Waals surface area contributed by atoms with Crippen LogP contribution >= 0.6 is 0 Å². The fourth-order valence-electron chi connectivity index (χ4n) is 2.58. The van der Waals surface area contributed by atoms with Crippen LogP contribution in [0.25, 0.3) is 0 Å². The second-order valence-corrected chi connectivity index (χ2v) is 5.52. The molecule has 5 nitrogen and oxygen atoms in total. The molecule has 3 atom stereocenters. The molecule has 122 valence electrons. The maximum atomic E-state index is 12.2. The Kier molecular flexibility index (Phi) is 5.86. The minimum atomic E-state index is -4.37. The van der Waals surface area contributed by atoms with Crippen LogP contribution in [-0.2, 0) is 4.79 Å². The van der Waals surface area contributed by atoms with Crippen molar-refractivity contribution in [3.8, 4) is 0 Å². The van der Waals surface area contributed by atoms with Crippen LogP contribution < -0.4 is 5.32 Å². The van der Waals surface area contributed by atoms with Crippen molar-refractivity contribution in [1.29, 1.82) is 0 Å². The Morgan fingerprint density at radius 2 is 2.05 bits per heavy atom. The summed E-state index contributed by atoms with van der Waals surface area (Å²) in [7, 11) is 0. The molecule has 2 N–H and O–H groups in total. The number of piperidine rings is 1. The van der Waals surface area contributed by atoms with Gasteiger partial charge in [0.25, 0.3) is 0 Å². The second-order valence-electron chi connectivity index (χ2n) is 5.52. The van der Waals surface area contributed by atoms with Gasteiger partial charge in [0.2, 0.25) is 0 Å². The molecule has 0 aliphatic carbocycles. The number of halogens is 3. The highest BCUT2D eigenvalue weighted by Crippen LogP contribution is 2.26. The normalized spacial score (nSPS) is 24.5. The third-order valence-electron chi connectivity index (χ3n) is 3.74. The third-order valence-corrected chi connectivity index (χ3v) is 3.74. The molecule has 0 radical (unpaired) electrons. The summed E-state index contributed by atoms with van der Waals surface area (Å²) < 4.78 is 36.7. The van der Waals surface area contributed by atoms with E-state index in [0.29, 0.717) is 12.8 Å².